The van der Waals surface area contributed by atoms with Gasteiger partial charge in [-0.2, -0.15) is 0 Å². The number of non-ortho nitro benzene ring substituents is 1. The molecule has 0 fully saturated rings. The minimum atomic E-state index is -0.469. The summed E-state index contributed by atoms with van der Waals surface area (Å²) in [5, 5.41) is 10.8. The van der Waals surface area contributed by atoms with Gasteiger partial charge in [0.15, 0.2) is 5.78 Å². The van der Waals surface area contributed by atoms with Gasteiger partial charge in [-0.3, -0.25) is 14.9 Å². The minimum absolute atomic E-state index is 0.0193. The number of carbonyl (C=O) groups is 1. The van der Waals surface area contributed by atoms with Crippen molar-refractivity contribution in [3.05, 3.63) is 33.9 Å². The fraction of sp³-hybridized carbons (Fsp3) is 0.462. The third-order valence-corrected chi connectivity index (χ3v) is 3.15. The molecule has 0 spiro atoms. The second-order valence-electron chi connectivity index (χ2n) is 5.45. The largest absolute Gasteiger partial charge is 0.366 e. The fourth-order valence-corrected chi connectivity index (χ4v) is 2.26. The highest BCUT2D eigenvalue weighted by atomic mass is 16.6. The molecule has 18 heavy (non-hydrogen) atoms. The number of hydrogen-bond acceptors (Lipinski definition) is 4. The van der Waals surface area contributed by atoms with Gasteiger partial charge < -0.3 is 4.90 Å². The van der Waals surface area contributed by atoms with Crippen LogP contribution < -0.4 is 4.90 Å². The summed E-state index contributed by atoms with van der Waals surface area (Å²) in [7, 11) is 0. The van der Waals surface area contributed by atoms with Gasteiger partial charge in [0, 0.05) is 41.9 Å². The topological polar surface area (TPSA) is 63.5 Å². The van der Waals surface area contributed by atoms with E-state index in [1.807, 2.05) is 0 Å². The SMILES string of the molecule is CC(C)(C)N1CCC(=O)c2cc([N+](=O)[O-])ccc21. The highest BCUT2D eigenvalue weighted by Gasteiger charge is 2.31. The maximum Gasteiger partial charge on any atom is 0.270 e. The molecular formula is C13H16N2O3. The molecule has 0 unspecified atom stereocenters. The fourth-order valence-electron chi connectivity index (χ4n) is 2.26. The Hall–Kier alpha value is -1.91. The summed E-state index contributed by atoms with van der Waals surface area (Å²) in [6, 6.07) is 4.52. The monoisotopic (exact) mass is 248 g/mol. The van der Waals surface area contributed by atoms with E-state index >= 15 is 0 Å². The molecule has 0 amide bonds. The molecule has 0 saturated carbocycles. The lowest BCUT2D eigenvalue weighted by Gasteiger charge is -2.41. The van der Waals surface area contributed by atoms with Crippen LogP contribution in [-0.4, -0.2) is 22.8 Å². The lowest BCUT2D eigenvalue weighted by molar-refractivity contribution is -0.384. The van der Waals surface area contributed by atoms with Crippen molar-refractivity contribution >= 4 is 17.2 Å². The molecule has 1 aromatic carbocycles. The van der Waals surface area contributed by atoms with Crippen LogP contribution in [0.25, 0.3) is 0 Å². The molecule has 1 heterocycles. The lowest BCUT2D eigenvalue weighted by atomic mass is 9.94. The van der Waals surface area contributed by atoms with E-state index < -0.39 is 4.92 Å². The van der Waals surface area contributed by atoms with Crippen LogP contribution in [0.1, 0.15) is 37.6 Å². The van der Waals surface area contributed by atoms with Gasteiger partial charge in [-0.1, -0.05) is 0 Å². The number of Topliss-reactive ketones (excluding diaryl/α,β-unsaturated/α-hetero) is 1. The summed E-state index contributed by atoms with van der Waals surface area (Å²) in [6.45, 7) is 6.85. The van der Waals surface area contributed by atoms with E-state index in [0.717, 1.165) is 5.69 Å². The first kappa shape index (κ1) is 12.5. The van der Waals surface area contributed by atoms with E-state index in [9.17, 15) is 14.9 Å². The molecule has 0 bridgehead atoms. The number of nitro groups is 1. The molecule has 5 nitrogen and oxygen atoms in total. The highest BCUT2D eigenvalue weighted by Crippen LogP contribution is 2.34. The number of rotatable bonds is 1. The van der Waals surface area contributed by atoms with Crippen LogP contribution >= 0.6 is 0 Å². The van der Waals surface area contributed by atoms with Crippen molar-refractivity contribution in [2.24, 2.45) is 0 Å². The maximum absolute atomic E-state index is 11.9. The number of fused-ring (bicyclic) bond motifs is 1. The molecular weight excluding hydrogens is 232 g/mol. The molecule has 0 N–H and O–H groups in total. The normalized spacial score (nSPS) is 15.5. The zero-order valence-electron chi connectivity index (χ0n) is 10.8. The zero-order valence-corrected chi connectivity index (χ0v) is 10.8. The number of benzene rings is 1. The summed E-state index contributed by atoms with van der Waals surface area (Å²) in [4.78, 5) is 24.3. The number of carbonyl (C=O) groups excluding carboxylic acids is 1. The van der Waals surface area contributed by atoms with Gasteiger partial charge in [-0.15, -0.1) is 0 Å². The van der Waals surface area contributed by atoms with Crippen LogP contribution in [0.3, 0.4) is 0 Å². The van der Waals surface area contributed by atoms with E-state index in [1.165, 1.54) is 12.1 Å². The number of ketones is 1. The van der Waals surface area contributed by atoms with Gasteiger partial charge in [0.1, 0.15) is 0 Å². The van der Waals surface area contributed by atoms with Crippen molar-refractivity contribution in [2.45, 2.75) is 32.7 Å². The van der Waals surface area contributed by atoms with Crippen LogP contribution in [0.15, 0.2) is 18.2 Å². The standard InChI is InChI=1S/C13H16N2O3/c1-13(2,3)14-7-6-12(16)10-8-9(15(17)18)4-5-11(10)14/h4-5,8H,6-7H2,1-3H3. The molecule has 0 saturated heterocycles. The van der Waals surface area contributed by atoms with Crippen LogP contribution in [0.2, 0.25) is 0 Å². The first-order valence-corrected chi connectivity index (χ1v) is 5.90. The van der Waals surface area contributed by atoms with Crippen LogP contribution in [-0.2, 0) is 0 Å². The predicted octanol–water partition coefficient (Wildman–Crippen LogP) is 2.79. The van der Waals surface area contributed by atoms with Crippen molar-refractivity contribution in [2.75, 3.05) is 11.4 Å². The number of nitrogens with zero attached hydrogens (tertiary/aromatic N) is 2. The summed E-state index contributed by atoms with van der Waals surface area (Å²) in [6.07, 6.45) is 0.408. The molecule has 1 aromatic rings. The van der Waals surface area contributed by atoms with Crippen molar-refractivity contribution in [1.82, 2.24) is 0 Å². The van der Waals surface area contributed by atoms with Crippen molar-refractivity contribution in [1.29, 1.82) is 0 Å². The minimum Gasteiger partial charge on any atom is -0.366 e. The van der Waals surface area contributed by atoms with Gasteiger partial charge in [-0.25, -0.2) is 0 Å². The van der Waals surface area contributed by atoms with Gasteiger partial charge in [-0.05, 0) is 26.8 Å². The molecule has 0 aliphatic carbocycles. The van der Waals surface area contributed by atoms with Crippen LogP contribution in [0, 0.1) is 10.1 Å². The maximum atomic E-state index is 11.9. The summed E-state index contributed by atoms with van der Waals surface area (Å²) >= 11 is 0. The Morgan fingerprint density at radius 2 is 2.00 bits per heavy atom. The Kier molecular flexibility index (Phi) is 2.84. The van der Waals surface area contributed by atoms with E-state index in [-0.39, 0.29) is 17.0 Å². The molecule has 0 atom stereocenters. The molecule has 5 heteroatoms. The summed E-state index contributed by atoms with van der Waals surface area (Å²) < 4.78 is 0. The molecule has 0 aromatic heterocycles. The first-order chi connectivity index (χ1) is 8.30. The van der Waals surface area contributed by atoms with Gasteiger partial charge in [0.2, 0.25) is 0 Å². The zero-order chi connectivity index (χ0) is 13.5. The predicted molar refractivity (Wildman–Crippen MR) is 69.1 cm³/mol. The number of anilines is 1. The Bertz CT molecular complexity index is 517. The van der Waals surface area contributed by atoms with Crippen molar-refractivity contribution < 1.29 is 9.72 Å². The van der Waals surface area contributed by atoms with Crippen molar-refractivity contribution in [3.8, 4) is 0 Å². The lowest BCUT2D eigenvalue weighted by Crippen LogP contribution is -2.45. The summed E-state index contributed by atoms with van der Waals surface area (Å²) in [5.41, 5.74) is 1.12. The smallest absolute Gasteiger partial charge is 0.270 e. The quantitative estimate of drug-likeness (QED) is 0.566. The second-order valence-corrected chi connectivity index (χ2v) is 5.45. The second kappa shape index (κ2) is 4.08. The third kappa shape index (κ3) is 2.08. The molecule has 96 valence electrons. The van der Waals surface area contributed by atoms with Crippen LogP contribution in [0.5, 0.6) is 0 Å². The molecule has 1 aliphatic heterocycles. The van der Waals surface area contributed by atoms with Gasteiger partial charge in [0.05, 0.1) is 4.92 Å². The average Bonchev–Trinajstić information content (AvgIpc) is 2.27. The Morgan fingerprint density at radius 1 is 1.33 bits per heavy atom. The van der Waals surface area contributed by atoms with Gasteiger partial charge in [0.25, 0.3) is 5.69 Å². The molecule has 2 rings (SSSR count). The highest BCUT2D eigenvalue weighted by molar-refractivity contribution is 6.04. The van der Waals surface area contributed by atoms with E-state index in [1.54, 1.807) is 6.07 Å². The van der Waals surface area contributed by atoms with E-state index in [0.29, 0.717) is 18.5 Å². The summed E-state index contributed by atoms with van der Waals surface area (Å²) in [5.74, 6) is -0.0193. The van der Waals surface area contributed by atoms with E-state index in [4.69, 9.17) is 0 Å². The Morgan fingerprint density at radius 3 is 2.56 bits per heavy atom. The average molecular weight is 248 g/mol. The Labute approximate surface area is 106 Å². The van der Waals surface area contributed by atoms with Crippen molar-refractivity contribution in [3.63, 3.8) is 0 Å². The first-order valence-electron chi connectivity index (χ1n) is 5.90. The number of nitro benzene ring substituents is 1. The number of hydrogen-bond donors (Lipinski definition) is 0. The van der Waals surface area contributed by atoms with Crippen LogP contribution in [0.4, 0.5) is 11.4 Å². The molecule has 1 aliphatic rings. The molecule has 0 radical (unpaired) electrons. The third-order valence-electron chi connectivity index (χ3n) is 3.15. The Balaban J connectivity index is 2.54. The van der Waals surface area contributed by atoms with E-state index in [2.05, 4.69) is 25.7 Å². The van der Waals surface area contributed by atoms with Gasteiger partial charge >= 0.3 is 0 Å².